The van der Waals surface area contributed by atoms with Gasteiger partial charge in [-0.2, -0.15) is 0 Å². The molecule has 0 unspecified atom stereocenters. The van der Waals surface area contributed by atoms with E-state index >= 15 is 0 Å². The van der Waals surface area contributed by atoms with E-state index in [0.29, 0.717) is 15.8 Å². The maximum absolute atomic E-state index is 12.1. The Labute approximate surface area is 141 Å². The van der Waals surface area contributed by atoms with Crippen LogP contribution in [0, 0.1) is 0 Å². The summed E-state index contributed by atoms with van der Waals surface area (Å²) in [4.78, 5) is 12.1. The largest absolute Gasteiger partial charge is 0.484 e. The molecule has 2 aromatic carbocycles. The smallest absolute Gasteiger partial charge is 0.288 e. The molecule has 0 aliphatic carbocycles. The summed E-state index contributed by atoms with van der Waals surface area (Å²) in [7, 11) is 0. The second-order valence-electron chi connectivity index (χ2n) is 4.56. The SMILES string of the molecule is O=C(COc1ccc(Cl)cc1Cl)c1nnc(-c2ccccc2)o1. The van der Waals surface area contributed by atoms with Crippen molar-refractivity contribution in [3.05, 3.63) is 64.5 Å². The van der Waals surface area contributed by atoms with E-state index in [2.05, 4.69) is 10.2 Å². The molecule has 0 aliphatic rings. The van der Waals surface area contributed by atoms with Gasteiger partial charge in [0.25, 0.3) is 11.7 Å². The molecule has 0 saturated heterocycles. The Morgan fingerprint density at radius 3 is 2.61 bits per heavy atom. The predicted octanol–water partition coefficient (Wildman–Crippen LogP) is 4.31. The molecular formula is C16H10Cl2N2O3. The minimum Gasteiger partial charge on any atom is -0.484 e. The van der Waals surface area contributed by atoms with Gasteiger partial charge in [0, 0.05) is 10.6 Å². The molecule has 1 aromatic heterocycles. The molecular weight excluding hydrogens is 339 g/mol. The van der Waals surface area contributed by atoms with Gasteiger partial charge in [0.05, 0.1) is 5.02 Å². The van der Waals surface area contributed by atoms with Crippen molar-refractivity contribution < 1.29 is 13.9 Å². The van der Waals surface area contributed by atoms with E-state index in [1.54, 1.807) is 12.1 Å². The summed E-state index contributed by atoms with van der Waals surface area (Å²) in [5.41, 5.74) is 0.737. The molecule has 0 N–H and O–H groups in total. The van der Waals surface area contributed by atoms with Crippen LogP contribution in [-0.2, 0) is 0 Å². The maximum Gasteiger partial charge on any atom is 0.288 e. The standard InChI is InChI=1S/C16H10Cl2N2O3/c17-11-6-7-14(12(18)8-11)22-9-13(21)16-20-19-15(23-16)10-4-2-1-3-5-10/h1-8H,9H2. The fourth-order valence-electron chi connectivity index (χ4n) is 1.83. The van der Waals surface area contributed by atoms with Crippen LogP contribution in [0.2, 0.25) is 10.0 Å². The lowest BCUT2D eigenvalue weighted by atomic mass is 10.2. The zero-order valence-corrected chi connectivity index (χ0v) is 13.2. The van der Waals surface area contributed by atoms with Crippen LogP contribution in [0.4, 0.5) is 0 Å². The Morgan fingerprint density at radius 2 is 1.87 bits per heavy atom. The summed E-state index contributed by atoms with van der Waals surface area (Å²) in [5, 5.41) is 8.40. The van der Waals surface area contributed by atoms with Crippen LogP contribution in [0.5, 0.6) is 5.75 Å². The van der Waals surface area contributed by atoms with Gasteiger partial charge in [-0.25, -0.2) is 0 Å². The summed E-state index contributed by atoms with van der Waals surface area (Å²) >= 11 is 11.8. The third-order valence-corrected chi connectivity index (χ3v) is 3.47. The molecule has 0 fully saturated rings. The minimum absolute atomic E-state index is 0.117. The maximum atomic E-state index is 12.1. The molecule has 0 radical (unpaired) electrons. The lowest BCUT2D eigenvalue weighted by molar-refractivity contribution is 0.0887. The third-order valence-electron chi connectivity index (χ3n) is 2.94. The highest BCUT2D eigenvalue weighted by Crippen LogP contribution is 2.27. The molecule has 0 atom stereocenters. The number of carbonyl (C=O) groups excluding carboxylic acids is 1. The minimum atomic E-state index is -0.439. The van der Waals surface area contributed by atoms with Crippen molar-refractivity contribution >= 4 is 29.0 Å². The van der Waals surface area contributed by atoms with Crippen LogP contribution in [0.25, 0.3) is 11.5 Å². The van der Waals surface area contributed by atoms with Gasteiger partial charge in [0.2, 0.25) is 5.89 Å². The monoisotopic (exact) mass is 348 g/mol. The predicted molar refractivity (Wildman–Crippen MR) is 86.0 cm³/mol. The number of ketones is 1. The molecule has 1 heterocycles. The number of benzene rings is 2. The van der Waals surface area contributed by atoms with E-state index < -0.39 is 5.78 Å². The number of aromatic nitrogens is 2. The zero-order valence-electron chi connectivity index (χ0n) is 11.7. The number of ether oxygens (including phenoxy) is 1. The summed E-state index contributed by atoms with van der Waals surface area (Å²) in [5.74, 6) is 0.0744. The molecule has 0 aliphatic heterocycles. The van der Waals surface area contributed by atoms with Gasteiger partial charge in [0.15, 0.2) is 6.61 Å². The van der Waals surface area contributed by atoms with Crippen molar-refractivity contribution in [3.63, 3.8) is 0 Å². The molecule has 0 bridgehead atoms. The van der Waals surface area contributed by atoms with Gasteiger partial charge in [-0.15, -0.1) is 10.2 Å². The zero-order chi connectivity index (χ0) is 16.2. The highest BCUT2D eigenvalue weighted by molar-refractivity contribution is 6.35. The molecule has 116 valence electrons. The van der Waals surface area contributed by atoms with Crippen molar-refractivity contribution in [2.75, 3.05) is 6.61 Å². The Hall–Kier alpha value is -2.37. The van der Waals surface area contributed by atoms with Gasteiger partial charge in [-0.05, 0) is 30.3 Å². The average molecular weight is 349 g/mol. The summed E-state index contributed by atoms with van der Waals surface area (Å²) in [6, 6.07) is 13.9. The molecule has 3 aromatic rings. The first-order valence-electron chi connectivity index (χ1n) is 6.63. The number of Topliss-reactive ketones (excluding diaryl/α,β-unsaturated/α-hetero) is 1. The lowest BCUT2D eigenvalue weighted by Crippen LogP contribution is -2.12. The molecule has 0 saturated carbocycles. The Balaban J connectivity index is 1.68. The third kappa shape index (κ3) is 3.70. The van der Waals surface area contributed by atoms with Gasteiger partial charge in [0.1, 0.15) is 5.75 Å². The second-order valence-corrected chi connectivity index (χ2v) is 5.41. The second kappa shape index (κ2) is 6.81. The van der Waals surface area contributed by atoms with Gasteiger partial charge in [-0.3, -0.25) is 4.79 Å². The summed E-state index contributed by atoms with van der Waals surface area (Å²) in [6.45, 7) is -0.266. The van der Waals surface area contributed by atoms with E-state index in [-0.39, 0.29) is 18.4 Å². The summed E-state index contributed by atoms with van der Waals surface area (Å²) < 4.78 is 10.7. The van der Waals surface area contributed by atoms with Gasteiger partial charge in [-0.1, -0.05) is 41.4 Å². The average Bonchev–Trinajstić information content (AvgIpc) is 3.05. The number of halogens is 2. The van der Waals surface area contributed by atoms with E-state index in [1.807, 2.05) is 30.3 Å². The number of rotatable bonds is 5. The van der Waals surface area contributed by atoms with Crippen molar-refractivity contribution in [1.29, 1.82) is 0 Å². The molecule has 7 heteroatoms. The fraction of sp³-hybridized carbons (Fsp3) is 0.0625. The van der Waals surface area contributed by atoms with E-state index in [9.17, 15) is 4.79 Å². The lowest BCUT2D eigenvalue weighted by Gasteiger charge is -2.05. The van der Waals surface area contributed by atoms with Crippen LogP contribution in [-0.4, -0.2) is 22.6 Å². The highest BCUT2D eigenvalue weighted by Gasteiger charge is 2.17. The van der Waals surface area contributed by atoms with Crippen LogP contribution >= 0.6 is 23.2 Å². The Morgan fingerprint density at radius 1 is 1.09 bits per heavy atom. The van der Waals surface area contributed by atoms with Crippen LogP contribution < -0.4 is 4.74 Å². The first-order chi connectivity index (χ1) is 11.1. The van der Waals surface area contributed by atoms with Crippen LogP contribution in [0.3, 0.4) is 0 Å². The van der Waals surface area contributed by atoms with E-state index in [4.69, 9.17) is 32.4 Å². The van der Waals surface area contributed by atoms with Crippen molar-refractivity contribution in [2.24, 2.45) is 0 Å². The first kappa shape index (κ1) is 15.5. The quantitative estimate of drug-likeness (QED) is 0.643. The highest BCUT2D eigenvalue weighted by atomic mass is 35.5. The topological polar surface area (TPSA) is 65.2 Å². The van der Waals surface area contributed by atoms with Crippen LogP contribution in [0.1, 0.15) is 10.7 Å². The number of nitrogens with zero attached hydrogens (tertiary/aromatic N) is 2. The van der Waals surface area contributed by atoms with E-state index in [1.165, 1.54) is 6.07 Å². The van der Waals surface area contributed by atoms with E-state index in [0.717, 1.165) is 5.56 Å². The molecule has 3 rings (SSSR count). The van der Waals surface area contributed by atoms with Crippen LogP contribution in [0.15, 0.2) is 52.9 Å². The molecule has 0 amide bonds. The first-order valence-corrected chi connectivity index (χ1v) is 7.39. The molecule has 0 spiro atoms. The Kier molecular flexibility index (Phi) is 4.60. The fourth-order valence-corrected chi connectivity index (χ4v) is 2.29. The Bertz CT molecular complexity index is 834. The number of carbonyl (C=O) groups is 1. The summed E-state index contributed by atoms with van der Waals surface area (Å²) in [6.07, 6.45) is 0. The van der Waals surface area contributed by atoms with Gasteiger partial charge < -0.3 is 9.15 Å². The molecule has 23 heavy (non-hydrogen) atoms. The van der Waals surface area contributed by atoms with Crippen molar-refractivity contribution in [1.82, 2.24) is 10.2 Å². The number of hydrogen-bond donors (Lipinski definition) is 0. The van der Waals surface area contributed by atoms with Crippen molar-refractivity contribution in [3.8, 4) is 17.2 Å². The van der Waals surface area contributed by atoms with Gasteiger partial charge >= 0.3 is 0 Å². The normalized spacial score (nSPS) is 10.5. The molecule has 5 nitrogen and oxygen atoms in total. The number of hydrogen-bond acceptors (Lipinski definition) is 5. The van der Waals surface area contributed by atoms with Crippen molar-refractivity contribution in [2.45, 2.75) is 0 Å².